The maximum Gasteiger partial charge on any atom is 0.247 e. The Morgan fingerprint density at radius 1 is 1.35 bits per heavy atom. The van der Waals surface area contributed by atoms with Gasteiger partial charge in [0.05, 0.1) is 12.1 Å². The molecule has 1 saturated heterocycles. The molecular formula is C18H23F2NO2. The molecule has 1 heterocycles. The molecule has 2 atom stereocenters. The van der Waals surface area contributed by atoms with Crippen molar-refractivity contribution in [3.05, 3.63) is 47.0 Å². The fourth-order valence-corrected chi connectivity index (χ4v) is 2.61. The number of carbonyl (C=O) groups excluding carboxylic acids is 1. The lowest BCUT2D eigenvalue weighted by atomic mass is 9.87. The van der Waals surface area contributed by atoms with Crippen molar-refractivity contribution >= 4 is 5.91 Å². The van der Waals surface area contributed by atoms with Gasteiger partial charge in [-0.25, -0.2) is 8.78 Å². The lowest BCUT2D eigenvalue weighted by molar-refractivity contribution is -0.127. The second kappa shape index (κ2) is 6.40. The molecule has 2 unspecified atom stereocenters. The zero-order valence-corrected chi connectivity index (χ0v) is 13.9. The van der Waals surface area contributed by atoms with Crippen LogP contribution in [0.15, 0.2) is 29.8 Å². The van der Waals surface area contributed by atoms with E-state index in [4.69, 9.17) is 0 Å². The summed E-state index contributed by atoms with van der Waals surface area (Å²) < 4.78 is 27.5. The maximum atomic E-state index is 14.0. The molecule has 1 N–H and O–H groups in total. The monoisotopic (exact) mass is 323 g/mol. The first-order valence-corrected chi connectivity index (χ1v) is 7.72. The summed E-state index contributed by atoms with van der Waals surface area (Å²) in [6, 6.07) is 2.53. The number of hydrogen-bond acceptors (Lipinski definition) is 2. The van der Waals surface area contributed by atoms with E-state index in [0.29, 0.717) is 0 Å². The predicted octanol–water partition coefficient (Wildman–Crippen LogP) is 3.59. The number of benzene rings is 1. The van der Waals surface area contributed by atoms with Crippen LogP contribution in [0.2, 0.25) is 0 Å². The van der Waals surface area contributed by atoms with Gasteiger partial charge in [0, 0.05) is 18.2 Å². The number of amides is 1. The topological polar surface area (TPSA) is 40.5 Å². The molecule has 1 amide bonds. The molecule has 1 aliphatic rings. The van der Waals surface area contributed by atoms with Crippen LogP contribution in [-0.2, 0) is 4.79 Å². The highest BCUT2D eigenvalue weighted by atomic mass is 19.1. The standard InChI is InChI=1S/C18H23F2NO2/c1-11(18(2,3)4)7-17(23)21-10-13(22)9-16(21)14-8-12(19)5-6-15(14)20/h5-8,13,16,22H,9-10H2,1-4H3/b11-7-. The zero-order chi connectivity index (χ0) is 17.4. The number of hydrogen-bond donors (Lipinski definition) is 1. The normalized spacial score (nSPS) is 22.6. The van der Waals surface area contributed by atoms with Gasteiger partial charge in [-0.15, -0.1) is 0 Å². The van der Waals surface area contributed by atoms with Crippen molar-refractivity contribution in [1.82, 2.24) is 4.90 Å². The third-order valence-electron chi connectivity index (χ3n) is 4.40. The molecular weight excluding hydrogens is 300 g/mol. The third-order valence-corrected chi connectivity index (χ3v) is 4.40. The lowest BCUT2D eigenvalue weighted by Gasteiger charge is -2.26. The van der Waals surface area contributed by atoms with Crippen molar-refractivity contribution < 1.29 is 18.7 Å². The Kier molecular flexibility index (Phi) is 4.90. The Hall–Kier alpha value is -1.75. The molecule has 1 aromatic rings. The minimum absolute atomic E-state index is 0.108. The van der Waals surface area contributed by atoms with Crippen LogP contribution in [0, 0.1) is 17.0 Å². The summed E-state index contributed by atoms with van der Waals surface area (Å²) in [4.78, 5) is 14.0. The van der Waals surface area contributed by atoms with Crippen LogP contribution < -0.4 is 0 Å². The number of carbonyl (C=O) groups is 1. The quantitative estimate of drug-likeness (QED) is 0.845. The first-order chi connectivity index (χ1) is 10.6. The summed E-state index contributed by atoms with van der Waals surface area (Å²) in [7, 11) is 0. The summed E-state index contributed by atoms with van der Waals surface area (Å²) in [5, 5.41) is 9.90. The second-order valence-electron chi connectivity index (χ2n) is 7.14. The number of halogens is 2. The van der Waals surface area contributed by atoms with Gasteiger partial charge in [-0.3, -0.25) is 4.79 Å². The summed E-state index contributed by atoms with van der Waals surface area (Å²) in [5.41, 5.74) is 0.840. The molecule has 0 radical (unpaired) electrons. The molecule has 0 aliphatic carbocycles. The number of aliphatic hydroxyl groups is 1. The molecule has 126 valence electrons. The molecule has 1 fully saturated rings. The Labute approximate surface area is 135 Å². The number of β-amino-alcohol motifs (C(OH)–C–C–N with tert-alkyl or cyclic N) is 1. The highest BCUT2D eigenvalue weighted by Gasteiger charge is 2.36. The van der Waals surface area contributed by atoms with E-state index in [1.165, 1.54) is 11.0 Å². The first kappa shape index (κ1) is 17.6. The lowest BCUT2D eigenvalue weighted by Crippen LogP contribution is -2.31. The fraction of sp³-hybridized carbons (Fsp3) is 0.500. The minimum Gasteiger partial charge on any atom is -0.391 e. The van der Waals surface area contributed by atoms with Crippen molar-refractivity contribution in [2.45, 2.75) is 46.3 Å². The molecule has 1 aliphatic heterocycles. The van der Waals surface area contributed by atoms with E-state index < -0.39 is 23.8 Å². The zero-order valence-electron chi connectivity index (χ0n) is 13.9. The van der Waals surface area contributed by atoms with Gasteiger partial charge >= 0.3 is 0 Å². The van der Waals surface area contributed by atoms with Gasteiger partial charge in [0.25, 0.3) is 0 Å². The van der Waals surface area contributed by atoms with Crippen molar-refractivity contribution in [2.75, 3.05) is 6.54 Å². The fourth-order valence-electron chi connectivity index (χ4n) is 2.61. The first-order valence-electron chi connectivity index (χ1n) is 7.72. The number of nitrogens with zero attached hydrogens (tertiary/aromatic N) is 1. The minimum atomic E-state index is -0.741. The molecule has 0 spiro atoms. The van der Waals surface area contributed by atoms with E-state index in [1.807, 2.05) is 27.7 Å². The number of aliphatic hydroxyl groups excluding tert-OH is 1. The highest BCUT2D eigenvalue weighted by molar-refractivity contribution is 5.89. The van der Waals surface area contributed by atoms with Crippen molar-refractivity contribution in [2.24, 2.45) is 5.41 Å². The molecule has 3 nitrogen and oxygen atoms in total. The van der Waals surface area contributed by atoms with Gasteiger partial charge in [-0.05, 0) is 37.0 Å². The highest BCUT2D eigenvalue weighted by Crippen LogP contribution is 2.35. The van der Waals surface area contributed by atoms with Gasteiger partial charge in [0.1, 0.15) is 11.6 Å². The van der Waals surface area contributed by atoms with E-state index in [0.717, 1.165) is 23.8 Å². The van der Waals surface area contributed by atoms with E-state index in [9.17, 15) is 18.7 Å². The molecule has 1 aromatic carbocycles. The van der Waals surface area contributed by atoms with Crippen LogP contribution in [-0.4, -0.2) is 28.6 Å². The van der Waals surface area contributed by atoms with Crippen LogP contribution in [0.4, 0.5) is 8.78 Å². The Balaban J connectivity index is 2.33. The smallest absolute Gasteiger partial charge is 0.247 e. The van der Waals surface area contributed by atoms with E-state index in [-0.39, 0.29) is 29.9 Å². The maximum absolute atomic E-state index is 14.0. The molecule has 2 rings (SSSR count). The summed E-state index contributed by atoms with van der Waals surface area (Å²) in [6.45, 7) is 7.97. The molecule has 5 heteroatoms. The van der Waals surface area contributed by atoms with E-state index in [2.05, 4.69) is 0 Å². The van der Waals surface area contributed by atoms with Crippen LogP contribution >= 0.6 is 0 Å². The Morgan fingerprint density at radius 3 is 2.61 bits per heavy atom. The molecule has 23 heavy (non-hydrogen) atoms. The molecule has 0 bridgehead atoms. The predicted molar refractivity (Wildman–Crippen MR) is 84.6 cm³/mol. The van der Waals surface area contributed by atoms with Crippen LogP contribution in [0.25, 0.3) is 0 Å². The molecule has 0 saturated carbocycles. The number of rotatable bonds is 2. The second-order valence-corrected chi connectivity index (χ2v) is 7.14. The average Bonchev–Trinajstić information content (AvgIpc) is 2.82. The van der Waals surface area contributed by atoms with Crippen LogP contribution in [0.3, 0.4) is 0 Å². The van der Waals surface area contributed by atoms with Crippen molar-refractivity contribution in [3.63, 3.8) is 0 Å². The van der Waals surface area contributed by atoms with Crippen molar-refractivity contribution in [3.8, 4) is 0 Å². The number of likely N-dealkylation sites (tertiary alicyclic amines) is 1. The summed E-state index contributed by atoms with van der Waals surface area (Å²) >= 11 is 0. The van der Waals surface area contributed by atoms with Crippen LogP contribution in [0.5, 0.6) is 0 Å². The van der Waals surface area contributed by atoms with Crippen molar-refractivity contribution in [1.29, 1.82) is 0 Å². The summed E-state index contributed by atoms with van der Waals surface area (Å²) in [5.74, 6) is -1.42. The Bertz CT molecular complexity index is 634. The van der Waals surface area contributed by atoms with Gasteiger partial charge in [-0.2, -0.15) is 0 Å². The van der Waals surface area contributed by atoms with E-state index >= 15 is 0 Å². The third kappa shape index (κ3) is 3.96. The van der Waals surface area contributed by atoms with E-state index in [1.54, 1.807) is 0 Å². The largest absolute Gasteiger partial charge is 0.391 e. The Morgan fingerprint density at radius 2 is 2.00 bits per heavy atom. The van der Waals surface area contributed by atoms with Gasteiger partial charge < -0.3 is 10.0 Å². The van der Waals surface area contributed by atoms with Crippen LogP contribution in [0.1, 0.15) is 45.7 Å². The average molecular weight is 323 g/mol. The van der Waals surface area contributed by atoms with Gasteiger partial charge in [0.15, 0.2) is 0 Å². The van der Waals surface area contributed by atoms with Gasteiger partial charge in [0.2, 0.25) is 5.91 Å². The SMILES string of the molecule is C/C(=C/C(=O)N1CC(O)CC1c1cc(F)ccc1F)C(C)(C)C. The molecule has 0 aromatic heterocycles. The number of allylic oxidation sites excluding steroid dienone is 1. The van der Waals surface area contributed by atoms with Gasteiger partial charge in [-0.1, -0.05) is 26.3 Å². The summed E-state index contributed by atoms with van der Waals surface area (Å²) in [6.07, 6.45) is 0.978.